The Bertz CT molecular complexity index is 633. The van der Waals surface area contributed by atoms with Crippen LogP contribution in [0.25, 0.3) is 0 Å². The lowest BCUT2D eigenvalue weighted by Gasteiger charge is -2.18. The number of likely N-dealkylation sites (N-methyl/N-ethyl adjacent to an activating group) is 1. The van der Waals surface area contributed by atoms with Gasteiger partial charge in [0, 0.05) is 5.56 Å². The minimum absolute atomic E-state index is 0.0503. The molecule has 2 aromatic rings. The molecule has 1 atom stereocenters. The van der Waals surface area contributed by atoms with E-state index < -0.39 is 29.3 Å². The van der Waals surface area contributed by atoms with Crippen LogP contribution in [0.4, 0.5) is 17.6 Å². The molecule has 0 bridgehead atoms. The predicted octanol–water partition coefficient (Wildman–Crippen LogP) is 3.58. The molecular formula is C15H13F4NO. The first-order valence-corrected chi connectivity index (χ1v) is 6.22. The molecule has 1 unspecified atom stereocenters. The quantitative estimate of drug-likeness (QED) is 0.852. The zero-order valence-corrected chi connectivity index (χ0v) is 11.2. The summed E-state index contributed by atoms with van der Waals surface area (Å²) in [5.41, 5.74) is 0.0503. The van der Waals surface area contributed by atoms with Crippen LogP contribution in [0.1, 0.15) is 11.6 Å². The van der Waals surface area contributed by atoms with Crippen molar-refractivity contribution >= 4 is 0 Å². The standard InChI is InChI=1S/C15H13F4NO/c1-20-12(9-4-2-5-10(16)14(9)18)8-21-13-7-3-6-11(17)15(13)19/h2-7,12,20H,8H2,1H3. The van der Waals surface area contributed by atoms with Crippen LogP contribution < -0.4 is 10.1 Å². The van der Waals surface area contributed by atoms with Gasteiger partial charge in [-0.25, -0.2) is 13.2 Å². The van der Waals surface area contributed by atoms with E-state index in [0.29, 0.717) is 0 Å². The van der Waals surface area contributed by atoms with Crippen molar-refractivity contribution in [3.8, 4) is 5.75 Å². The molecule has 0 amide bonds. The number of halogens is 4. The molecular weight excluding hydrogens is 286 g/mol. The van der Waals surface area contributed by atoms with Gasteiger partial charge >= 0.3 is 0 Å². The van der Waals surface area contributed by atoms with Crippen LogP contribution in [0.3, 0.4) is 0 Å². The van der Waals surface area contributed by atoms with Crippen LogP contribution in [0.5, 0.6) is 5.75 Å². The van der Waals surface area contributed by atoms with Gasteiger partial charge in [0.25, 0.3) is 0 Å². The van der Waals surface area contributed by atoms with Gasteiger partial charge in [0.15, 0.2) is 23.2 Å². The lowest BCUT2D eigenvalue weighted by Crippen LogP contribution is -2.25. The normalized spacial score (nSPS) is 12.2. The van der Waals surface area contributed by atoms with Crippen molar-refractivity contribution in [2.24, 2.45) is 0 Å². The molecule has 2 rings (SSSR count). The molecule has 0 saturated heterocycles. The first-order chi connectivity index (χ1) is 10.0. The van der Waals surface area contributed by atoms with Crippen molar-refractivity contribution in [2.45, 2.75) is 6.04 Å². The number of ether oxygens (including phenoxy) is 1. The van der Waals surface area contributed by atoms with Crippen LogP contribution in [-0.4, -0.2) is 13.7 Å². The summed E-state index contributed by atoms with van der Waals surface area (Å²) < 4.78 is 58.6. The van der Waals surface area contributed by atoms with Crippen molar-refractivity contribution in [1.82, 2.24) is 5.32 Å². The van der Waals surface area contributed by atoms with Gasteiger partial charge in [-0.1, -0.05) is 18.2 Å². The highest BCUT2D eigenvalue weighted by Gasteiger charge is 2.18. The van der Waals surface area contributed by atoms with Crippen LogP contribution in [0.15, 0.2) is 36.4 Å². The molecule has 112 valence electrons. The molecule has 0 aliphatic heterocycles. The molecule has 0 fully saturated rings. The summed E-state index contributed by atoms with van der Waals surface area (Å²) in [7, 11) is 1.53. The molecule has 0 aromatic heterocycles. The average Bonchev–Trinajstić information content (AvgIpc) is 2.48. The maximum atomic E-state index is 13.7. The summed E-state index contributed by atoms with van der Waals surface area (Å²) in [6.07, 6.45) is 0. The fourth-order valence-electron chi connectivity index (χ4n) is 1.89. The van der Waals surface area contributed by atoms with Gasteiger partial charge in [-0.3, -0.25) is 0 Å². The Hall–Kier alpha value is -2.08. The second-order valence-corrected chi connectivity index (χ2v) is 4.35. The Morgan fingerprint density at radius 2 is 1.57 bits per heavy atom. The SMILES string of the molecule is CNC(COc1cccc(F)c1F)c1cccc(F)c1F. The largest absolute Gasteiger partial charge is 0.488 e. The highest BCUT2D eigenvalue weighted by molar-refractivity contribution is 5.26. The van der Waals surface area contributed by atoms with Crippen LogP contribution in [-0.2, 0) is 0 Å². The van der Waals surface area contributed by atoms with E-state index in [1.54, 1.807) is 0 Å². The summed E-state index contributed by atoms with van der Waals surface area (Å²) >= 11 is 0. The van der Waals surface area contributed by atoms with Gasteiger partial charge < -0.3 is 10.1 Å². The maximum absolute atomic E-state index is 13.7. The summed E-state index contributed by atoms with van der Waals surface area (Å²) in [5.74, 6) is -4.42. The number of hydrogen-bond donors (Lipinski definition) is 1. The van der Waals surface area contributed by atoms with E-state index in [1.165, 1.54) is 31.3 Å². The van der Waals surface area contributed by atoms with Crippen molar-refractivity contribution in [3.05, 3.63) is 65.2 Å². The second kappa shape index (κ2) is 6.58. The zero-order chi connectivity index (χ0) is 15.4. The number of rotatable bonds is 5. The van der Waals surface area contributed by atoms with Crippen molar-refractivity contribution in [1.29, 1.82) is 0 Å². The fourth-order valence-corrected chi connectivity index (χ4v) is 1.89. The average molecular weight is 299 g/mol. The van der Waals surface area contributed by atoms with Crippen LogP contribution in [0, 0.1) is 23.3 Å². The van der Waals surface area contributed by atoms with Gasteiger partial charge in [0.2, 0.25) is 5.82 Å². The highest BCUT2D eigenvalue weighted by Crippen LogP contribution is 2.23. The molecule has 2 nitrogen and oxygen atoms in total. The first kappa shape index (κ1) is 15.3. The van der Waals surface area contributed by atoms with Crippen LogP contribution in [0.2, 0.25) is 0 Å². The summed E-state index contributed by atoms with van der Waals surface area (Å²) in [4.78, 5) is 0. The Labute approximate surface area is 119 Å². The van der Waals surface area contributed by atoms with E-state index in [2.05, 4.69) is 5.32 Å². The monoisotopic (exact) mass is 299 g/mol. The third kappa shape index (κ3) is 3.33. The number of hydrogen-bond acceptors (Lipinski definition) is 2. The molecule has 0 saturated carbocycles. The lowest BCUT2D eigenvalue weighted by atomic mass is 10.1. The highest BCUT2D eigenvalue weighted by atomic mass is 19.2. The number of benzene rings is 2. The van der Waals surface area contributed by atoms with Crippen LogP contribution >= 0.6 is 0 Å². The lowest BCUT2D eigenvalue weighted by molar-refractivity contribution is 0.254. The zero-order valence-electron chi connectivity index (χ0n) is 11.2. The van der Waals surface area contributed by atoms with Gasteiger partial charge in [-0.05, 0) is 25.2 Å². The van der Waals surface area contributed by atoms with E-state index in [1.807, 2.05) is 0 Å². The molecule has 0 radical (unpaired) electrons. The predicted molar refractivity (Wildman–Crippen MR) is 70.0 cm³/mol. The fraction of sp³-hybridized carbons (Fsp3) is 0.200. The first-order valence-electron chi connectivity index (χ1n) is 6.22. The van der Waals surface area contributed by atoms with Crippen molar-refractivity contribution in [2.75, 3.05) is 13.7 Å². The van der Waals surface area contributed by atoms with E-state index in [9.17, 15) is 17.6 Å². The molecule has 0 spiro atoms. The molecule has 0 aliphatic carbocycles. The summed E-state index contributed by atoms with van der Waals surface area (Å²) in [6.45, 7) is -0.183. The summed E-state index contributed by atoms with van der Waals surface area (Å²) in [5, 5.41) is 2.74. The van der Waals surface area contributed by atoms with Gasteiger partial charge in [0.05, 0.1) is 6.04 Å². The van der Waals surface area contributed by atoms with Gasteiger partial charge in [-0.15, -0.1) is 0 Å². The Morgan fingerprint density at radius 3 is 2.24 bits per heavy atom. The summed E-state index contributed by atoms with van der Waals surface area (Å²) in [6, 6.07) is 6.56. The smallest absolute Gasteiger partial charge is 0.200 e. The second-order valence-electron chi connectivity index (χ2n) is 4.35. The molecule has 0 heterocycles. The Kier molecular flexibility index (Phi) is 4.80. The van der Waals surface area contributed by atoms with E-state index in [4.69, 9.17) is 4.74 Å². The minimum Gasteiger partial charge on any atom is -0.488 e. The Morgan fingerprint density at radius 1 is 0.952 bits per heavy atom. The van der Waals surface area contributed by atoms with E-state index in [0.717, 1.165) is 12.1 Å². The molecule has 6 heteroatoms. The molecule has 21 heavy (non-hydrogen) atoms. The topological polar surface area (TPSA) is 21.3 Å². The third-order valence-electron chi connectivity index (χ3n) is 3.03. The Balaban J connectivity index is 2.16. The third-order valence-corrected chi connectivity index (χ3v) is 3.03. The minimum atomic E-state index is -1.12. The molecule has 2 aromatic carbocycles. The maximum Gasteiger partial charge on any atom is 0.200 e. The van der Waals surface area contributed by atoms with Gasteiger partial charge in [-0.2, -0.15) is 4.39 Å². The van der Waals surface area contributed by atoms with Crippen molar-refractivity contribution < 1.29 is 22.3 Å². The molecule has 1 N–H and O–H groups in total. The number of nitrogens with one attached hydrogen (secondary N) is 1. The molecule has 0 aliphatic rings. The van der Waals surface area contributed by atoms with Crippen molar-refractivity contribution in [3.63, 3.8) is 0 Å². The van der Waals surface area contributed by atoms with E-state index in [-0.39, 0.29) is 17.9 Å². The van der Waals surface area contributed by atoms with E-state index >= 15 is 0 Å². The van der Waals surface area contributed by atoms with Gasteiger partial charge in [0.1, 0.15) is 6.61 Å².